The molecule has 2 saturated carbocycles. The Labute approximate surface area is 321 Å². The monoisotopic (exact) mass is 786 g/mol. The standard InChI is InChI=1S/C40H51ClN2O10S/c1-25(5-4-18-43(28-13-19-54(50,51)20-14-28)39(49)38(48)37(47)36(46)34(45)23-44)26-8-11-33(41)27(21-26)24-52-40(15-16-40)32-22-42-17-12-30(32)31-6-2-3-7-35(31)53-29-9-10-29/h2-3,6-8,11-12,17,21-22,25,28-29,34,36-38,44-48H,4-5,9-10,13-16,18-20,23-24H2,1H3/t25?,34-,36+,37-,38-/m0/s1. The molecule has 1 saturated heterocycles. The lowest BCUT2D eigenvalue weighted by Crippen LogP contribution is -2.55. The van der Waals surface area contributed by atoms with Gasteiger partial charge in [0.1, 0.15) is 33.9 Å². The Kier molecular flexibility index (Phi) is 13.0. The van der Waals surface area contributed by atoms with Crippen LogP contribution in [0.3, 0.4) is 0 Å². The van der Waals surface area contributed by atoms with Gasteiger partial charge in [0.05, 0.1) is 36.4 Å². The van der Waals surface area contributed by atoms with Gasteiger partial charge in [-0.15, -0.1) is 0 Å². The lowest BCUT2D eigenvalue weighted by molar-refractivity contribution is -0.160. The fraction of sp³-hybridized carbons (Fsp3) is 0.550. The predicted molar refractivity (Wildman–Crippen MR) is 203 cm³/mol. The van der Waals surface area contributed by atoms with E-state index in [1.165, 1.54) is 4.90 Å². The van der Waals surface area contributed by atoms with Crippen molar-refractivity contribution >= 4 is 27.3 Å². The number of aromatic nitrogens is 1. The highest BCUT2D eigenvalue weighted by molar-refractivity contribution is 7.91. The maximum Gasteiger partial charge on any atom is 0.254 e. The first-order valence-corrected chi connectivity index (χ1v) is 21.0. The Bertz CT molecular complexity index is 1860. The Hall–Kier alpha value is -3.14. The smallest absolute Gasteiger partial charge is 0.254 e. The van der Waals surface area contributed by atoms with Crippen molar-refractivity contribution in [1.29, 1.82) is 0 Å². The van der Waals surface area contributed by atoms with Crippen LogP contribution in [0.2, 0.25) is 5.02 Å². The molecule has 54 heavy (non-hydrogen) atoms. The van der Waals surface area contributed by atoms with Crippen molar-refractivity contribution < 1.29 is 48.2 Å². The minimum absolute atomic E-state index is 0.0320. The molecule has 12 nitrogen and oxygen atoms in total. The molecule has 1 amide bonds. The second-order valence-electron chi connectivity index (χ2n) is 15.0. The molecular weight excluding hydrogens is 736 g/mol. The zero-order valence-electron chi connectivity index (χ0n) is 30.5. The first kappa shape index (κ1) is 40.5. The summed E-state index contributed by atoms with van der Waals surface area (Å²) in [4.78, 5) is 19.3. The number of aliphatic hydroxyl groups is 5. The van der Waals surface area contributed by atoms with Gasteiger partial charge in [0.2, 0.25) is 0 Å². The predicted octanol–water partition coefficient (Wildman–Crippen LogP) is 3.87. The van der Waals surface area contributed by atoms with Crippen LogP contribution in [0.4, 0.5) is 0 Å². The van der Waals surface area contributed by atoms with E-state index in [2.05, 4.69) is 18.0 Å². The van der Waals surface area contributed by atoms with Gasteiger partial charge in [0, 0.05) is 41.1 Å². The van der Waals surface area contributed by atoms with Crippen LogP contribution in [-0.4, -0.2) is 111 Å². The van der Waals surface area contributed by atoms with Crippen LogP contribution in [0.1, 0.15) is 80.9 Å². The molecule has 3 fully saturated rings. The molecule has 14 heteroatoms. The van der Waals surface area contributed by atoms with E-state index in [0.29, 0.717) is 17.9 Å². The third kappa shape index (κ3) is 9.62. The molecule has 5 atom stereocenters. The van der Waals surface area contributed by atoms with Crippen LogP contribution >= 0.6 is 11.6 Å². The number of carbonyl (C=O) groups is 1. The summed E-state index contributed by atoms with van der Waals surface area (Å²) < 4.78 is 37.2. The molecule has 2 aromatic carbocycles. The lowest BCUT2D eigenvalue weighted by atomic mass is 9.94. The van der Waals surface area contributed by atoms with Gasteiger partial charge in [-0.25, -0.2) is 8.42 Å². The van der Waals surface area contributed by atoms with Gasteiger partial charge in [0.15, 0.2) is 6.10 Å². The van der Waals surface area contributed by atoms with E-state index >= 15 is 0 Å². The molecule has 0 bridgehead atoms. The van der Waals surface area contributed by atoms with Crippen molar-refractivity contribution in [2.75, 3.05) is 24.7 Å². The van der Waals surface area contributed by atoms with Gasteiger partial charge >= 0.3 is 0 Å². The first-order valence-electron chi connectivity index (χ1n) is 18.8. The van der Waals surface area contributed by atoms with Crippen LogP contribution in [0.15, 0.2) is 60.9 Å². The number of pyridine rings is 1. The molecule has 2 aliphatic carbocycles. The average Bonchev–Trinajstić information content (AvgIpc) is 4.13. The van der Waals surface area contributed by atoms with Gasteiger partial charge in [-0.05, 0) is 92.2 Å². The number of aliphatic hydroxyl groups excluding tert-OH is 5. The Morgan fingerprint density at radius 3 is 2.41 bits per heavy atom. The second kappa shape index (κ2) is 17.3. The Morgan fingerprint density at radius 1 is 1.00 bits per heavy atom. The van der Waals surface area contributed by atoms with Crippen LogP contribution in [0.25, 0.3) is 11.1 Å². The highest BCUT2D eigenvalue weighted by atomic mass is 35.5. The van der Waals surface area contributed by atoms with Crippen molar-refractivity contribution in [3.63, 3.8) is 0 Å². The Morgan fingerprint density at radius 2 is 1.72 bits per heavy atom. The summed E-state index contributed by atoms with van der Waals surface area (Å²) in [5, 5.41) is 50.7. The van der Waals surface area contributed by atoms with Crippen LogP contribution in [0, 0.1) is 0 Å². The Balaban J connectivity index is 1.11. The van der Waals surface area contributed by atoms with Crippen molar-refractivity contribution in [3.8, 4) is 16.9 Å². The number of hydrogen-bond acceptors (Lipinski definition) is 11. The summed E-state index contributed by atoms with van der Waals surface area (Å²) in [5.41, 5.74) is 4.44. The summed E-state index contributed by atoms with van der Waals surface area (Å²) in [6.45, 7) is 1.64. The first-order chi connectivity index (χ1) is 25.8. The summed E-state index contributed by atoms with van der Waals surface area (Å²) in [5.74, 6) is -0.200. The summed E-state index contributed by atoms with van der Waals surface area (Å²) in [6, 6.07) is 15.5. The van der Waals surface area contributed by atoms with Gasteiger partial charge < -0.3 is 39.9 Å². The molecule has 1 aliphatic heterocycles. The number of amides is 1. The maximum absolute atomic E-state index is 13.5. The highest BCUT2D eigenvalue weighted by Gasteiger charge is 2.48. The number of hydrogen-bond donors (Lipinski definition) is 5. The number of nitrogens with zero attached hydrogens (tertiary/aromatic N) is 2. The molecular formula is C40H51ClN2O10S. The molecule has 5 N–H and O–H groups in total. The third-order valence-electron chi connectivity index (χ3n) is 10.9. The van der Waals surface area contributed by atoms with E-state index in [9.17, 15) is 33.6 Å². The lowest BCUT2D eigenvalue weighted by Gasteiger charge is -2.37. The van der Waals surface area contributed by atoms with E-state index in [1.54, 1.807) is 6.20 Å². The van der Waals surface area contributed by atoms with E-state index in [-0.39, 0.29) is 49.5 Å². The van der Waals surface area contributed by atoms with E-state index < -0.39 is 58.4 Å². The largest absolute Gasteiger partial charge is 0.490 e. The zero-order valence-corrected chi connectivity index (χ0v) is 32.0. The van der Waals surface area contributed by atoms with E-state index in [0.717, 1.165) is 59.3 Å². The molecule has 1 unspecified atom stereocenters. The topological polar surface area (TPSA) is 187 Å². The van der Waals surface area contributed by atoms with Crippen molar-refractivity contribution in [1.82, 2.24) is 9.88 Å². The van der Waals surface area contributed by atoms with E-state index in [4.69, 9.17) is 26.2 Å². The highest BCUT2D eigenvalue weighted by Crippen LogP contribution is 2.53. The minimum atomic E-state index is -3.24. The van der Waals surface area contributed by atoms with Crippen LogP contribution in [-0.2, 0) is 31.6 Å². The number of rotatable bonds is 18. The molecule has 1 aromatic heterocycles. The number of benzene rings is 2. The number of ether oxygens (including phenoxy) is 2. The summed E-state index contributed by atoms with van der Waals surface area (Å²) in [6.07, 6.45) is 1.38. The number of para-hydroxylation sites is 1. The number of halogens is 1. The molecule has 0 spiro atoms. The second-order valence-corrected chi connectivity index (χ2v) is 17.7. The zero-order chi connectivity index (χ0) is 38.6. The quantitative estimate of drug-likeness (QED) is 0.126. The summed E-state index contributed by atoms with van der Waals surface area (Å²) in [7, 11) is -3.24. The molecule has 6 rings (SSSR count). The van der Waals surface area contributed by atoms with Gasteiger partial charge in [-0.1, -0.05) is 48.9 Å². The maximum atomic E-state index is 13.5. The molecule has 3 aromatic rings. The third-order valence-corrected chi connectivity index (χ3v) is 13.0. The average molecular weight is 787 g/mol. The van der Waals surface area contributed by atoms with Gasteiger partial charge in [-0.3, -0.25) is 9.78 Å². The molecule has 2 heterocycles. The SMILES string of the molecule is CC(CCCN(C(=O)[C@@H](O)[C@@H](O)[C@H](O)[C@@H](O)CO)C1CCS(=O)(=O)CC1)c1ccc(Cl)c(COC2(c3cnccc3-c3ccccc3OC3CC3)CC2)c1. The van der Waals surface area contributed by atoms with Crippen molar-refractivity contribution in [3.05, 3.63) is 82.6 Å². The van der Waals surface area contributed by atoms with Crippen LogP contribution < -0.4 is 4.74 Å². The molecule has 0 radical (unpaired) electrons. The molecule has 294 valence electrons. The van der Waals surface area contributed by atoms with Gasteiger partial charge in [-0.2, -0.15) is 0 Å². The van der Waals surface area contributed by atoms with Crippen molar-refractivity contribution in [2.24, 2.45) is 0 Å². The summed E-state index contributed by atoms with van der Waals surface area (Å²) >= 11 is 6.70. The van der Waals surface area contributed by atoms with E-state index in [1.807, 2.05) is 48.7 Å². The normalized spacial score (nSPS) is 20.7. The molecule has 3 aliphatic rings. The van der Waals surface area contributed by atoms with Gasteiger partial charge in [0.25, 0.3) is 5.91 Å². The van der Waals surface area contributed by atoms with Crippen LogP contribution in [0.5, 0.6) is 5.75 Å². The van der Waals surface area contributed by atoms with Crippen molar-refractivity contribution in [2.45, 2.75) is 113 Å². The number of sulfone groups is 1. The minimum Gasteiger partial charge on any atom is -0.490 e. The fourth-order valence-electron chi connectivity index (χ4n) is 7.22. The fourth-order valence-corrected chi connectivity index (χ4v) is 8.86. The number of carbonyl (C=O) groups excluding carboxylic acids is 1.